The van der Waals surface area contributed by atoms with E-state index in [-0.39, 0.29) is 18.6 Å². The predicted molar refractivity (Wildman–Crippen MR) is 79.4 cm³/mol. The molecule has 1 aliphatic rings. The second-order valence-corrected chi connectivity index (χ2v) is 6.22. The second-order valence-electron chi connectivity index (χ2n) is 4.73. The summed E-state index contributed by atoms with van der Waals surface area (Å²) in [6, 6.07) is 7.49. The molecule has 2 rings (SSSR count). The molecule has 1 aliphatic heterocycles. The molecule has 1 amide bonds. The van der Waals surface area contributed by atoms with Gasteiger partial charge in [-0.1, -0.05) is 19.1 Å². The lowest BCUT2D eigenvalue weighted by Gasteiger charge is -2.37. The molecule has 1 aromatic rings. The summed E-state index contributed by atoms with van der Waals surface area (Å²) in [6.07, 6.45) is 0. The molecule has 1 aromatic carbocycles. The molecule has 2 N–H and O–H groups in total. The van der Waals surface area contributed by atoms with Crippen molar-refractivity contribution in [2.45, 2.75) is 25.1 Å². The van der Waals surface area contributed by atoms with E-state index in [1.807, 2.05) is 28.8 Å². The molecule has 19 heavy (non-hydrogen) atoms. The molecule has 2 atom stereocenters. The van der Waals surface area contributed by atoms with Gasteiger partial charge >= 0.3 is 0 Å². The molecular formula is C14H20N2O2S. The van der Waals surface area contributed by atoms with Crippen LogP contribution in [0, 0.1) is 0 Å². The third-order valence-corrected chi connectivity index (χ3v) is 4.81. The van der Waals surface area contributed by atoms with Crippen molar-refractivity contribution in [2.24, 2.45) is 0 Å². The molecule has 4 nitrogen and oxygen atoms in total. The van der Waals surface area contributed by atoms with Gasteiger partial charge in [0.05, 0.1) is 5.69 Å². The summed E-state index contributed by atoms with van der Waals surface area (Å²) in [5, 5.41) is 0.472. The van der Waals surface area contributed by atoms with E-state index >= 15 is 0 Å². The van der Waals surface area contributed by atoms with Crippen molar-refractivity contribution in [1.29, 1.82) is 0 Å². The number of ether oxygens (including phenoxy) is 1. The maximum Gasteiger partial charge on any atom is 0.260 e. The zero-order chi connectivity index (χ0) is 13.8. The number of hydrogen-bond acceptors (Lipinski definition) is 4. The van der Waals surface area contributed by atoms with E-state index in [0.717, 1.165) is 12.3 Å². The maximum atomic E-state index is 12.2. The van der Waals surface area contributed by atoms with Crippen LogP contribution in [0.1, 0.15) is 13.8 Å². The number of hydrogen-bond donors (Lipinski definition) is 1. The Kier molecular flexibility index (Phi) is 4.58. The Morgan fingerprint density at radius 2 is 2.21 bits per heavy atom. The monoisotopic (exact) mass is 280 g/mol. The third-order valence-electron chi connectivity index (χ3n) is 3.47. The smallest absolute Gasteiger partial charge is 0.260 e. The Hall–Kier alpha value is -1.36. The molecule has 5 heteroatoms. The van der Waals surface area contributed by atoms with Gasteiger partial charge < -0.3 is 15.4 Å². The fourth-order valence-electron chi connectivity index (χ4n) is 2.12. The number of nitrogens with zero attached hydrogens (tertiary/aromatic N) is 1. The fraction of sp³-hybridized carbons (Fsp3) is 0.500. The number of amides is 1. The molecule has 1 fully saturated rings. The summed E-state index contributed by atoms with van der Waals surface area (Å²) < 4.78 is 5.51. The van der Waals surface area contributed by atoms with E-state index in [1.165, 1.54) is 0 Å². The van der Waals surface area contributed by atoms with Crippen molar-refractivity contribution in [2.75, 3.05) is 24.6 Å². The number of nitrogen functional groups attached to an aromatic ring is 1. The van der Waals surface area contributed by atoms with Crippen LogP contribution in [0.3, 0.4) is 0 Å². The summed E-state index contributed by atoms with van der Waals surface area (Å²) in [5.41, 5.74) is 6.34. The van der Waals surface area contributed by atoms with Crippen LogP contribution in [-0.4, -0.2) is 41.0 Å². The zero-order valence-electron chi connectivity index (χ0n) is 11.3. The van der Waals surface area contributed by atoms with E-state index < -0.39 is 0 Å². The largest absolute Gasteiger partial charge is 0.482 e. The van der Waals surface area contributed by atoms with Crippen molar-refractivity contribution in [3.63, 3.8) is 0 Å². The average molecular weight is 280 g/mol. The minimum absolute atomic E-state index is 0.0305. The molecule has 2 unspecified atom stereocenters. The summed E-state index contributed by atoms with van der Waals surface area (Å²) >= 11 is 1.91. The summed E-state index contributed by atoms with van der Waals surface area (Å²) in [5.74, 6) is 1.59. The number of carbonyl (C=O) groups is 1. The highest BCUT2D eigenvalue weighted by atomic mass is 32.2. The Labute approximate surface area is 118 Å². The van der Waals surface area contributed by atoms with E-state index in [0.29, 0.717) is 16.7 Å². The highest BCUT2D eigenvalue weighted by molar-refractivity contribution is 8.00. The molecule has 0 radical (unpaired) electrons. The minimum Gasteiger partial charge on any atom is -0.482 e. The summed E-state index contributed by atoms with van der Waals surface area (Å²) in [6.45, 7) is 5.09. The van der Waals surface area contributed by atoms with Crippen molar-refractivity contribution in [1.82, 2.24) is 4.90 Å². The standard InChI is InChI=1S/C14H20N2O2S/c1-10-11(2)19-8-7-16(10)14(17)9-18-13-6-4-3-5-12(13)15/h3-6,10-11H,7-9,15H2,1-2H3. The normalized spacial score (nSPS) is 23.2. The predicted octanol–water partition coefficient (Wildman–Crippen LogP) is 2.00. The van der Waals surface area contributed by atoms with E-state index in [2.05, 4.69) is 13.8 Å². The Bertz CT molecular complexity index is 453. The van der Waals surface area contributed by atoms with Crippen LogP contribution in [0.25, 0.3) is 0 Å². The molecule has 0 aliphatic carbocycles. The van der Waals surface area contributed by atoms with Gasteiger partial charge in [0, 0.05) is 23.6 Å². The number of para-hydroxylation sites is 2. The SMILES string of the molecule is CC1SCCN(C(=O)COc2ccccc2N)C1C. The van der Waals surface area contributed by atoms with Crippen molar-refractivity contribution in [3.8, 4) is 5.75 Å². The summed E-state index contributed by atoms with van der Waals surface area (Å²) in [7, 11) is 0. The number of rotatable bonds is 3. The van der Waals surface area contributed by atoms with E-state index in [4.69, 9.17) is 10.5 Å². The Morgan fingerprint density at radius 3 is 2.95 bits per heavy atom. The molecule has 0 aromatic heterocycles. The molecule has 0 spiro atoms. The van der Waals surface area contributed by atoms with Gasteiger partial charge in [0.2, 0.25) is 0 Å². The molecular weight excluding hydrogens is 260 g/mol. The zero-order valence-corrected chi connectivity index (χ0v) is 12.2. The highest BCUT2D eigenvalue weighted by Crippen LogP contribution is 2.25. The van der Waals surface area contributed by atoms with E-state index in [1.54, 1.807) is 12.1 Å². The molecule has 0 bridgehead atoms. The quantitative estimate of drug-likeness (QED) is 0.860. The van der Waals surface area contributed by atoms with Gasteiger partial charge in [-0.05, 0) is 19.1 Å². The third kappa shape index (κ3) is 3.35. The van der Waals surface area contributed by atoms with Crippen LogP contribution >= 0.6 is 11.8 Å². The molecule has 0 saturated carbocycles. The molecule has 1 saturated heterocycles. The lowest BCUT2D eigenvalue weighted by molar-refractivity contribution is -0.135. The van der Waals surface area contributed by atoms with Crippen LogP contribution < -0.4 is 10.5 Å². The first-order valence-corrected chi connectivity index (χ1v) is 7.53. The fourth-order valence-corrected chi connectivity index (χ4v) is 3.22. The van der Waals surface area contributed by atoms with Crippen molar-refractivity contribution in [3.05, 3.63) is 24.3 Å². The highest BCUT2D eigenvalue weighted by Gasteiger charge is 2.28. The first-order chi connectivity index (χ1) is 9.09. The number of carbonyl (C=O) groups excluding carboxylic acids is 1. The van der Waals surface area contributed by atoms with Gasteiger partial charge in [0.1, 0.15) is 5.75 Å². The van der Waals surface area contributed by atoms with Gasteiger partial charge in [0.25, 0.3) is 5.91 Å². The second kappa shape index (κ2) is 6.19. The first-order valence-electron chi connectivity index (χ1n) is 6.48. The molecule has 1 heterocycles. The number of benzene rings is 1. The van der Waals surface area contributed by atoms with Crippen LogP contribution in [0.15, 0.2) is 24.3 Å². The van der Waals surface area contributed by atoms with Gasteiger partial charge in [-0.2, -0.15) is 11.8 Å². The summed E-state index contributed by atoms with van der Waals surface area (Å²) in [4.78, 5) is 14.1. The van der Waals surface area contributed by atoms with Gasteiger partial charge in [0.15, 0.2) is 6.61 Å². The maximum absolute atomic E-state index is 12.2. The lowest BCUT2D eigenvalue weighted by atomic mass is 10.2. The number of thioether (sulfide) groups is 1. The van der Waals surface area contributed by atoms with Crippen LogP contribution in [-0.2, 0) is 4.79 Å². The van der Waals surface area contributed by atoms with Crippen LogP contribution in [0.2, 0.25) is 0 Å². The number of anilines is 1. The Balaban J connectivity index is 1.92. The van der Waals surface area contributed by atoms with Gasteiger partial charge in [-0.15, -0.1) is 0 Å². The van der Waals surface area contributed by atoms with Gasteiger partial charge in [-0.25, -0.2) is 0 Å². The Morgan fingerprint density at radius 1 is 1.47 bits per heavy atom. The molecule has 104 valence electrons. The average Bonchev–Trinajstić information content (AvgIpc) is 2.40. The van der Waals surface area contributed by atoms with Crippen molar-refractivity contribution >= 4 is 23.4 Å². The van der Waals surface area contributed by atoms with E-state index in [9.17, 15) is 4.79 Å². The van der Waals surface area contributed by atoms with Gasteiger partial charge in [-0.3, -0.25) is 4.79 Å². The lowest BCUT2D eigenvalue weighted by Crippen LogP contribution is -2.49. The first kappa shape index (κ1) is 14.1. The minimum atomic E-state index is 0.0305. The van der Waals surface area contributed by atoms with Crippen LogP contribution in [0.4, 0.5) is 5.69 Å². The van der Waals surface area contributed by atoms with Crippen molar-refractivity contribution < 1.29 is 9.53 Å². The topological polar surface area (TPSA) is 55.6 Å². The van der Waals surface area contributed by atoms with Crippen LogP contribution in [0.5, 0.6) is 5.75 Å². The number of nitrogens with two attached hydrogens (primary N) is 1.